The Hall–Kier alpha value is -0.830. The van der Waals surface area contributed by atoms with Crippen LogP contribution in [0.25, 0.3) is 21.5 Å². The molecule has 1 nitrogen and oxygen atoms in total. The number of hydrogen-bond donors (Lipinski definition) is 0. The Bertz CT molecular complexity index is 890. The van der Waals surface area contributed by atoms with Crippen molar-refractivity contribution >= 4 is 33.1 Å². The average molecular weight is 551 g/mol. The fourth-order valence-electron chi connectivity index (χ4n) is 3.04. The van der Waals surface area contributed by atoms with Crippen molar-refractivity contribution in [2.75, 3.05) is 0 Å². The van der Waals surface area contributed by atoms with Gasteiger partial charge in [-0.1, -0.05) is 12.1 Å². The Kier molecular flexibility index (Phi) is 14.7. The van der Waals surface area contributed by atoms with E-state index in [-0.39, 0.29) is 24.8 Å². The molecule has 1 atom stereocenters. The maximum absolute atomic E-state index is 5.97. The molecule has 4 aromatic carbocycles. The molecule has 0 saturated heterocycles. The molecular weight excluding hydrogens is 519 g/mol. The Morgan fingerprint density at radius 3 is 1.55 bits per heavy atom. The van der Waals surface area contributed by atoms with E-state index in [4.69, 9.17) is 4.43 Å². The predicted octanol–water partition coefficient (Wildman–Crippen LogP) is 1.48. The first-order chi connectivity index (χ1) is 13.8. The van der Waals surface area contributed by atoms with Crippen LogP contribution in [0.1, 0.15) is 20.3 Å². The third-order valence-corrected chi connectivity index (χ3v) is 6.23. The van der Waals surface area contributed by atoms with Crippen molar-refractivity contribution in [2.24, 2.45) is 0 Å². The van der Waals surface area contributed by atoms with Gasteiger partial charge in [0, 0.05) is 0 Å². The van der Waals surface area contributed by atoms with E-state index in [0.717, 1.165) is 6.42 Å². The van der Waals surface area contributed by atoms with E-state index in [1.165, 1.54) is 49.0 Å². The Balaban J connectivity index is 0.000000423. The van der Waals surface area contributed by atoms with Gasteiger partial charge in [-0.3, -0.25) is 0 Å². The van der Waals surface area contributed by atoms with Crippen LogP contribution in [-0.2, 0) is 28.7 Å². The largest absolute Gasteiger partial charge is 1.00 e. The molecule has 0 aromatic heterocycles. The van der Waals surface area contributed by atoms with Crippen LogP contribution in [0.5, 0.6) is 0 Å². The number of rotatable bonds is 4. The first-order valence-corrected chi connectivity index (χ1v) is 14.9. The molecular formula is C26H32Cl2OSiZr-2. The van der Waals surface area contributed by atoms with Crippen LogP contribution in [0.2, 0.25) is 19.6 Å². The van der Waals surface area contributed by atoms with Gasteiger partial charge in [0.05, 0.1) is 0 Å². The van der Waals surface area contributed by atoms with E-state index in [2.05, 4.69) is 118 Å². The van der Waals surface area contributed by atoms with Gasteiger partial charge in [0.15, 0.2) is 0 Å². The molecule has 0 aliphatic rings. The Labute approximate surface area is 216 Å². The summed E-state index contributed by atoms with van der Waals surface area (Å²) in [5.74, 6) is 0. The van der Waals surface area contributed by atoms with Crippen LogP contribution in [0.3, 0.4) is 0 Å². The molecule has 0 saturated carbocycles. The molecule has 166 valence electrons. The molecule has 0 radical (unpaired) electrons. The quantitative estimate of drug-likeness (QED) is 0.276. The van der Waals surface area contributed by atoms with Gasteiger partial charge >= 0.3 is 86.2 Å². The zero-order valence-electron chi connectivity index (χ0n) is 19.0. The van der Waals surface area contributed by atoms with Crippen molar-refractivity contribution in [1.29, 1.82) is 0 Å². The summed E-state index contributed by atoms with van der Waals surface area (Å²) in [6.07, 6.45) is 1.56. The van der Waals surface area contributed by atoms with Crippen LogP contribution in [0.15, 0.2) is 84.9 Å². The third kappa shape index (κ3) is 11.0. The van der Waals surface area contributed by atoms with E-state index < -0.39 is 8.32 Å². The molecule has 0 aliphatic heterocycles. The summed E-state index contributed by atoms with van der Waals surface area (Å²) in [7, 11) is -1.31. The van der Waals surface area contributed by atoms with Crippen LogP contribution < -0.4 is 24.8 Å². The van der Waals surface area contributed by atoms with Crippen molar-refractivity contribution in [2.45, 2.75) is 46.0 Å². The molecule has 0 heterocycles. The summed E-state index contributed by atoms with van der Waals surface area (Å²) in [5.41, 5.74) is 0. The normalized spacial score (nSPS) is 11.2. The Morgan fingerprint density at radius 1 is 0.839 bits per heavy atom. The second kappa shape index (κ2) is 15.1. The van der Waals surface area contributed by atoms with Crippen molar-refractivity contribution in [1.82, 2.24) is 0 Å². The second-order valence-corrected chi connectivity index (χ2v) is 14.5. The van der Waals surface area contributed by atoms with Gasteiger partial charge in [-0.05, 0) is 0 Å². The van der Waals surface area contributed by atoms with Gasteiger partial charge in [-0.15, -0.1) is 59.3 Å². The maximum atomic E-state index is 5.97. The van der Waals surface area contributed by atoms with Crippen molar-refractivity contribution in [3.05, 3.63) is 84.9 Å². The summed E-state index contributed by atoms with van der Waals surface area (Å²) < 4.78 is 7.46. The fraction of sp³-hybridized carbons (Fsp3) is 0.269. The van der Waals surface area contributed by atoms with Crippen LogP contribution in [0.4, 0.5) is 0 Å². The van der Waals surface area contributed by atoms with Crippen molar-refractivity contribution < 1.29 is 53.5 Å². The van der Waals surface area contributed by atoms with Crippen molar-refractivity contribution in [3.63, 3.8) is 0 Å². The zero-order valence-corrected chi connectivity index (χ0v) is 24.0. The molecule has 0 aliphatic carbocycles. The smallest absolute Gasteiger partial charge is 0.0809 e. The molecule has 0 fully saturated rings. The molecule has 0 N–H and O–H groups in total. The number of benzene rings is 2. The minimum atomic E-state index is -1.31. The van der Waals surface area contributed by atoms with Gasteiger partial charge in [0.2, 0.25) is 0 Å². The first kappa shape index (κ1) is 30.2. The van der Waals surface area contributed by atoms with Gasteiger partial charge in [0.1, 0.15) is 0 Å². The molecule has 5 heteroatoms. The average Bonchev–Trinajstić information content (AvgIpc) is 3.35. The Morgan fingerprint density at radius 2 is 1.26 bits per heavy atom. The first-order valence-electron chi connectivity index (χ1n) is 10.2. The van der Waals surface area contributed by atoms with Gasteiger partial charge in [-0.25, -0.2) is 0 Å². The number of hydrogen-bond acceptors (Lipinski definition) is 1. The number of halogens is 2. The van der Waals surface area contributed by atoms with Crippen LogP contribution in [0, 0.1) is 0 Å². The van der Waals surface area contributed by atoms with Gasteiger partial charge in [-0.2, -0.15) is 35.0 Å². The molecule has 0 amide bonds. The zero-order chi connectivity index (χ0) is 21.3. The third-order valence-electron chi connectivity index (χ3n) is 4.44. The van der Waals surface area contributed by atoms with E-state index >= 15 is 0 Å². The SMILES string of the molecule is CCC(O[Si](C)(C)C)[C](C)=[Zr+2].[Cl-].[Cl-].c1ccc2[cH-]ccc2c1.c1ccc2[cH-]ccc2c1. The van der Waals surface area contributed by atoms with E-state index in [1.54, 1.807) is 0 Å². The monoisotopic (exact) mass is 548 g/mol. The summed E-state index contributed by atoms with van der Waals surface area (Å²) in [5, 5.41) is 5.32. The molecule has 4 aromatic rings. The van der Waals surface area contributed by atoms with E-state index in [1.807, 2.05) is 0 Å². The molecule has 0 spiro atoms. The fourth-order valence-corrected chi connectivity index (χ4v) is 5.18. The van der Waals surface area contributed by atoms with E-state index in [0.29, 0.717) is 6.10 Å². The summed E-state index contributed by atoms with van der Waals surface area (Å²) in [6, 6.07) is 29.3. The predicted molar refractivity (Wildman–Crippen MR) is 128 cm³/mol. The van der Waals surface area contributed by atoms with Gasteiger partial charge < -0.3 is 24.8 Å². The maximum Gasteiger partial charge on any atom is -0.0809 e. The molecule has 4 rings (SSSR count). The number of fused-ring (bicyclic) bond motifs is 2. The van der Waals surface area contributed by atoms with Crippen LogP contribution >= 0.6 is 0 Å². The molecule has 31 heavy (non-hydrogen) atoms. The summed E-state index contributed by atoms with van der Waals surface area (Å²) in [6.45, 7) is 11.1. The molecule has 1 unspecified atom stereocenters. The minimum Gasteiger partial charge on any atom is -1.00 e. The second-order valence-electron chi connectivity index (χ2n) is 8.12. The topological polar surface area (TPSA) is 9.23 Å². The summed E-state index contributed by atoms with van der Waals surface area (Å²) >= 11 is 1.51. The van der Waals surface area contributed by atoms with Crippen LogP contribution in [-0.4, -0.2) is 17.6 Å². The van der Waals surface area contributed by atoms with Gasteiger partial charge in [0.25, 0.3) is 0 Å². The molecule has 0 bridgehead atoms. The summed E-state index contributed by atoms with van der Waals surface area (Å²) in [4.78, 5) is 0. The standard InChI is InChI=1S/2C9H7.C8H18OSi.2ClH.Zr/c2*1-2-5-9-7-3-6-8(9)4-1;1-6-8(7-2)9-10(3,4)5;;;/h2*1-7H;8H,6H2,1-5H3;2*1H;/q2*-1;;;;+2/p-2. The van der Waals surface area contributed by atoms with E-state index in [9.17, 15) is 0 Å². The minimum absolute atomic E-state index is 0. The van der Waals surface area contributed by atoms with Crippen molar-refractivity contribution in [3.8, 4) is 0 Å².